The van der Waals surface area contributed by atoms with E-state index in [0.29, 0.717) is 0 Å². The van der Waals surface area contributed by atoms with Gasteiger partial charge >= 0.3 is 0 Å². The van der Waals surface area contributed by atoms with Crippen LogP contribution in [-0.2, 0) is 4.79 Å². The Morgan fingerprint density at radius 2 is 1.86 bits per heavy atom. The minimum atomic E-state index is 0.103. The average Bonchev–Trinajstić information content (AvgIpc) is 2.01. The summed E-state index contributed by atoms with van der Waals surface area (Å²) in [5.41, 5.74) is 0.158. The summed E-state index contributed by atoms with van der Waals surface area (Å²) in [6.07, 6.45) is 3.63. The van der Waals surface area contributed by atoms with E-state index in [9.17, 15) is 4.79 Å². The molecule has 2 nitrogen and oxygen atoms in total. The molecular formula is C12H23NO. The second-order valence-electron chi connectivity index (χ2n) is 5.01. The minimum absolute atomic E-state index is 0.103. The molecule has 0 saturated carbocycles. The SMILES string of the molecule is CC(C)C(=O)/C=C/CN(C)C(C)(C)C. The van der Waals surface area contributed by atoms with E-state index in [0.717, 1.165) is 6.54 Å². The Kier molecular flexibility index (Phi) is 5.06. The highest BCUT2D eigenvalue weighted by molar-refractivity contribution is 5.91. The molecule has 0 bridgehead atoms. The van der Waals surface area contributed by atoms with Crippen LogP contribution >= 0.6 is 0 Å². The van der Waals surface area contributed by atoms with Crippen molar-refractivity contribution >= 4 is 5.78 Å². The van der Waals surface area contributed by atoms with E-state index in [2.05, 4.69) is 32.7 Å². The third-order valence-electron chi connectivity index (χ3n) is 2.38. The highest BCUT2D eigenvalue weighted by Crippen LogP contribution is 2.09. The second-order valence-corrected chi connectivity index (χ2v) is 5.01. The van der Waals surface area contributed by atoms with Crippen LogP contribution in [0.5, 0.6) is 0 Å². The molecule has 0 saturated heterocycles. The molecule has 0 rings (SSSR count). The number of allylic oxidation sites excluding steroid dienone is 1. The van der Waals surface area contributed by atoms with Crippen LogP contribution in [0.2, 0.25) is 0 Å². The summed E-state index contributed by atoms with van der Waals surface area (Å²) in [5.74, 6) is 0.304. The first-order valence-corrected chi connectivity index (χ1v) is 5.16. The zero-order valence-electron chi connectivity index (χ0n) is 10.3. The fourth-order valence-electron chi connectivity index (χ4n) is 0.793. The first kappa shape index (κ1) is 13.4. The number of hydrogen-bond donors (Lipinski definition) is 0. The molecule has 0 heterocycles. The first-order chi connectivity index (χ1) is 6.25. The maximum Gasteiger partial charge on any atom is 0.157 e. The number of carbonyl (C=O) groups excluding carboxylic acids is 1. The van der Waals surface area contributed by atoms with Gasteiger partial charge < -0.3 is 0 Å². The lowest BCUT2D eigenvalue weighted by molar-refractivity contribution is -0.117. The molecule has 0 amide bonds. The van der Waals surface area contributed by atoms with Gasteiger partial charge in [0.25, 0.3) is 0 Å². The van der Waals surface area contributed by atoms with Gasteiger partial charge in [0.2, 0.25) is 0 Å². The lowest BCUT2D eigenvalue weighted by Crippen LogP contribution is -2.38. The fourth-order valence-corrected chi connectivity index (χ4v) is 0.793. The van der Waals surface area contributed by atoms with Gasteiger partial charge in [-0.15, -0.1) is 0 Å². The van der Waals surface area contributed by atoms with Crippen molar-refractivity contribution in [1.82, 2.24) is 4.90 Å². The number of nitrogens with zero attached hydrogens (tertiary/aromatic N) is 1. The highest BCUT2D eigenvalue weighted by atomic mass is 16.1. The molecule has 0 aliphatic heterocycles. The van der Waals surface area contributed by atoms with Gasteiger partial charge in [0.1, 0.15) is 0 Å². The molecule has 82 valence electrons. The predicted octanol–water partition coefficient (Wildman–Crippen LogP) is 2.50. The highest BCUT2D eigenvalue weighted by Gasteiger charge is 2.14. The van der Waals surface area contributed by atoms with E-state index in [4.69, 9.17) is 0 Å². The van der Waals surface area contributed by atoms with Gasteiger partial charge in [-0.3, -0.25) is 9.69 Å². The predicted molar refractivity (Wildman–Crippen MR) is 61.4 cm³/mol. The number of hydrogen-bond acceptors (Lipinski definition) is 2. The molecule has 0 aromatic heterocycles. The molecule has 0 unspecified atom stereocenters. The summed E-state index contributed by atoms with van der Waals surface area (Å²) >= 11 is 0. The first-order valence-electron chi connectivity index (χ1n) is 5.16. The van der Waals surface area contributed by atoms with E-state index < -0.39 is 0 Å². The Hall–Kier alpha value is -0.630. The monoisotopic (exact) mass is 197 g/mol. The molecule has 0 N–H and O–H groups in total. The van der Waals surface area contributed by atoms with Crippen LogP contribution in [0.1, 0.15) is 34.6 Å². The van der Waals surface area contributed by atoms with Gasteiger partial charge in [0.15, 0.2) is 5.78 Å². The van der Waals surface area contributed by atoms with Gasteiger partial charge in [-0.1, -0.05) is 19.9 Å². The van der Waals surface area contributed by atoms with Crippen LogP contribution in [0.15, 0.2) is 12.2 Å². The van der Waals surface area contributed by atoms with E-state index in [1.165, 1.54) is 0 Å². The van der Waals surface area contributed by atoms with Crippen molar-refractivity contribution < 1.29 is 4.79 Å². The van der Waals surface area contributed by atoms with Crippen molar-refractivity contribution in [2.45, 2.75) is 40.2 Å². The number of ketones is 1. The van der Waals surface area contributed by atoms with Crippen molar-refractivity contribution in [1.29, 1.82) is 0 Å². The smallest absolute Gasteiger partial charge is 0.157 e. The molecule has 0 aliphatic rings. The number of rotatable bonds is 4. The molecule has 0 aromatic rings. The molecule has 0 fully saturated rings. The summed E-state index contributed by atoms with van der Waals surface area (Å²) in [4.78, 5) is 13.5. The molecule has 0 aromatic carbocycles. The van der Waals surface area contributed by atoms with E-state index in [1.807, 2.05) is 19.9 Å². The largest absolute Gasteiger partial charge is 0.298 e. The van der Waals surface area contributed by atoms with Gasteiger partial charge in [-0.05, 0) is 33.9 Å². The van der Waals surface area contributed by atoms with Gasteiger partial charge in [-0.2, -0.15) is 0 Å². The van der Waals surface area contributed by atoms with Crippen molar-refractivity contribution in [3.8, 4) is 0 Å². The number of carbonyl (C=O) groups is 1. The molecule has 14 heavy (non-hydrogen) atoms. The van der Waals surface area contributed by atoms with Gasteiger partial charge in [0, 0.05) is 18.0 Å². The van der Waals surface area contributed by atoms with Crippen molar-refractivity contribution in [3.63, 3.8) is 0 Å². The Labute approximate surface area is 88.0 Å². The van der Waals surface area contributed by atoms with Gasteiger partial charge in [0.05, 0.1) is 0 Å². The summed E-state index contributed by atoms with van der Waals surface area (Å²) in [6, 6.07) is 0. The van der Waals surface area contributed by atoms with E-state index in [-0.39, 0.29) is 17.2 Å². The zero-order chi connectivity index (χ0) is 11.4. The quantitative estimate of drug-likeness (QED) is 0.645. The molecule has 0 spiro atoms. The summed E-state index contributed by atoms with van der Waals surface area (Å²) in [7, 11) is 2.06. The van der Waals surface area contributed by atoms with Crippen molar-refractivity contribution in [2.24, 2.45) is 5.92 Å². The zero-order valence-corrected chi connectivity index (χ0v) is 10.3. The normalized spacial score (nSPS) is 13.1. The lowest BCUT2D eigenvalue weighted by Gasteiger charge is -2.30. The summed E-state index contributed by atoms with van der Waals surface area (Å²) < 4.78 is 0. The Morgan fingerprint density at radius 3 is 2.21 bits per heavy atom. The lowest BCUT2D eigenvalue weighted by atomic mass is 10.1. The maximum absolute atomic E-state index is 11.3. The molecule has 0 atom stereocenters. The van der Waals surface area contributed by atoms with Gasteiger partial charge in [-0.25, -0.2) is 0 Å². The number of likely N-dealkylation sites (N-methyl/N-ethyl adjacent to an activating group) is 1. The van der Waals surface area contributed by atoms with Crippen molar-refractivity contribution in [2.75, 3.05) is 13.6 Å². The van der Waals surface area contributed by atoms with Crippen LogP contribution in [-0.4, -0.2) is 29.8 Å². The maximum atomic E-state index is 11.3. The van der Waals surface area contributed by atoms with Crippen LogP contribution in [0.25, 0.3) is 0 Å². The van der Waals surface area contributed by atoms with Crippen LogP contribution in [0.4, 0.5) is 0 Å². The fraction of sp³-hybridized carbons (Fsp3) is 0.750. The van der Waals surface area contributed by atoms with Crippen LogP contribution in [0.3, 0.4) is 0 Å². The van der Waals surface area contributed by atoms with E-state index >= 15 is 0 Å². The molecule has 0 radical (unpaired) electrons. The topological polar surface area (TPSA) is 20.3 Å². The Balaban J connectivity index is 4.01. The summed E-state index contributed by atoms with van der Waals surface area (Å²) in [6.45, 7) is 11.1. The summed E-state index contributed by atoms with van der Waals surface area (Å²) in [5, 5.41) is 0. The average molecular weight is 197 g/mol. The third kappa shape index (κ3) is 5.18. The Morgan fingerprint density at radius 1 is 1.36 bits per heavy atom. The molecular weight excluding hydrogens is 174 g/mol. The molecule has 2 heteroatoms. The van der Waals surface area contributed by atoms with Crippen LogP contribution in [0, 0.1) is 5.92 Å². The standard InChI is InChI=1S/C12H23NO/c1-10(2)11(14)8-7-9-13(6)12(3,4)5/h7-8,10H,9H2,1-6H3/b8-7+. The molecule has 0 aliphatic carbocycles. The third-order valence-corrected chi connectivity index (χ3v) is 2.38. The second kappa shape index (κ2) is 5.30. The van der Waals surface area contributed by atoms with Crippen LogP contribution < -0.4 is 0 Å². The minimum Gasteiger partial charge on any atom is -0.298 e. The van der Waals surface area contributed by atoms with Crippen molar-refractivity contribution in [3.05, 3.63) is 12.2 Å². The Bertz CT molecular complexity index is 211. The van der Waals surface area contributed by atoms with E-state index in [1.54, 1.807) is 6.08 Å².